The summed E-state index contributed by atoms with van der Waals surface area (Å²) < 4.78 is 51.5. The molecular weight excluding hydrogens is 2570 g/mol. The Labute approximate surface area is 809 Å². The van der Waals surface area contributed by atoms with Gasteiger partial charge in [0.1, 0.15) is 16.1 Å². The molecular formula is C105H64BrClF3Ir5N10O2-5. The van der Waals surface area contributed by atoms with Crippen LogP contribution in [0.3, 0.4) is 0 Å². The topological polar surface area (TPSA) is 147 Å². The summed E-state index contributed by atoms with van der Waals surface area (Å²) in [4.78, 5) is 0. The zero-order chi connectivity index (χ0) is 83.0. The predicted octanol–water partition coefficient (Wildman–Crippen LogP) is 27.9. The van der Waals surface area contributed by atoms with Crippen molar-refractivity contribution < 1.29 is 123 Å². The number of benzene rings is 17. The van der Waals surface area contributed by atoms with Crippen molar-refractivity contribution in [2.24, 2.45) is 0 Å². The van der Waals surface area contributed by atoms with Crippen LogP contribution in [0.25, 0.3) is 164 Å². The fourth-order valence-corrected chi connectivity index (χ4v) is 15.4. The number of aryl methyl sites for hydroxylation is 2. The van der Waals surface area contributed by atoms with E-state index >= 15 is 0 Å². The Morgan fingerprint density at radius 2 is 0.583 bits per heavy atom. The molecule has 0 spiro atoms. The molecule has 17 aromatic carbocycles. The maximum absolute atomic E-state index is 12.8. The summed E-state index contributed by atoms with van der Waals surface area (Å²) in [5, 5.41) is 64.6. The van der Waals surface area contributed by atoms with Gasteiger partial charge in [0.05, 0.1) is 11.8 Å². The largest absolute Gasteiger partial charge is 0.437 e. The molecule has 0 amide bonds. The Bertz CT molecular complexity index is 7470. The van der Waals surface area contributed by atoms with E-state index in [4.69, 9.17) is 21.1 Å². The number of hydrogen-bond donors (Lipinski definition) is 0. The summed E-state index contributed by atoms with van der Waals surface area (Å²) in [7, 11) is 0. The number of rotatable bonds is 9. The molecule has 0 atom stereocenters. The van der Waals surface area contributed by atoms with E-state index in [-0.39, 0.29) is 112 Å². The molecule has 0 aliphatic carbocycles. The molecule has 0 saturated carbocycles. The second-order valence-electron chi connectivity index (χ2n) is 28.7. The van der Waals surface area contributed by atoms with Crippen LogP contribution >= 0.6 is 27.5 Å². The number of halogens is 5. The minimum Gasteiger partial charge on any atom is -0.437 e. The van der Waals surface area contributed by atoms with Gasteiger partial charge in [0.2, 0.25) is 11.8 Å². The van der Waals surface area contributed by atoms with Crippen LogP contribution in [0.1, 0.15) is 16.7 Å². The minimum atomic E-state index is -4.40. The van der Waals surface area contributed by atoms with Crippen LogP contribution in [-0.4, -0.2) is 51.0 Å². The second-order valence-corrected chi connectivity index (χ2v) is 29.8. The first-order chi connectivity index (χ1) is 59.8. The van der Waals surface area contributed by atoms with Crippen LogP contribution in [0.5, 0.6) is 23.3 Å². The van der Waals surface area contributed by atoms with E-state index in [0.29, 0.717) is 22.1 Å². The van der Waals surface area contributed by atoms with Gasteiger partial charge in [0.25, 0.3) is 0 Å². The standard InChI is InChI=1S/C26H19N2O.C25H14F3N2O.C18H10BrN2.C18H10ClN2.C18H11N2.5Ir/c1-17-9-8-10-18(2)25(17)29-26-23-16-21-14-7-6-13-20(21)15-22(23)24(27-28-26)19-11-4-3-5-12-19;26-25(27,28)19-10-12-20(13-11-19)31-24-22-15-18-9-5-4-8-17(18)14-21(22)23(29-30-24)16-6-2-1-3-7-16;2*19-18-16-11-14-9-5-4-8-13(14)10-15(16)17(20-21-18)12-6-2-1-3-7-12;1-2-6-13(7-3-1)18-17-11-15-9-5-4-8-14(15)10-16(17)12-19-20-18;;;;;/h3-11,13-16H,1-2H3;1-6,8-15H;2*1-6,8-11H;1-6,8-12H;;;;;/q5*-1;;;;;. The number of ether oxygens (including phenoxy) is 2. The molecule has 0 unspecified atom stereocenters. The Balaban J connectivity index is 0.000000136. The number of alkyl halides is 3. The van der Waals surface area contributed by atoms with Crippen molar-refractivity contribution in [3.8, 4) is 79.5 Å². The number of aromatic nitrogens is 10. The van der Waals surface area contributed by atoms with Crippen molar-refractivity contribution in [3.05, 3.63) is 409 Å². The van der Waals surface area contributed by atoms with E-state index in [1.807, 2.05) is 226 Å². The average Bonchev–Trinajstić information content (AvgIpc) is 0.819. The van der Waals surface area contributed by atoms with Gasteiger partial charge in [-0.1, -0.05) is 181 Å². The summed E-state index contributed by atoms with van der Waals surface area (Å²) in [6.07, 6.45) is -2.59. The molecule has 12 nitrogen and oxygen atoms in total. The Kier molecular flexibility index (Phi) is 30.8. The molecule has 631 valence electrons. The van der Waals surface area contributed by atoms with Crippen LogP contribution in [0, 0.1) is 44.2 Å². The van der Waals surface area contributed by atoms with Crippen LogP contribution in [0.15, 0.2) is 357 Å². The maximum Gasteiger partial charge on any atom is 0.416 e. The SMILES string of the molecule is Brc1nnc(-c2[c-]cccc2)c2cc3ccccc3cc12.Cc1cccc(C)c1Oc1nnc(-c2[c-]cccc2)c2cc3ccccc3cc12.Clc1nnc(-c2[c-]cccc2)c2cc3ccccc3cc12.FC(F)(F)c1ccc(Oc2nnc(-c3[c-]cccc3)c3cc4ccccc4cc23)cc1.[Ir].[Ir].[Ir].[Ir].[Ir].[c-]1ccccc1-c1nncc2cc3ccccc3cc12. The average molecular weight is 2630 g/mol. The first-order valence-corrected chi connectivity index (χ1v) is 40.1. The van der Waals surface area contributed by atoms with E-state index in [2.05, 4.69) is 206 Å². The van der Waals surface area contributed by atoms with E-state index in [0.717, 1.165) is 165 Å². The molecule has 22 aromatic rings. The number of hydrogen-bond acceptors (Lipinski definition) is 12. The van der Waals surface area contributed by atoms with Crippen LogP contribution < -0.4 is 9.47 Å². The quantitative estimate of drug-likeness (QED) is 0.100. The second kappa shape index (κ2) is 42.2. The van der Waals surface area contributed by atoms with Crippen molar-refractivity contribution >= 4 is 135 Å². The van der Waals surface area contributed by atoms with E-state index < -0.39 is 11.7 Å². The summed E-state index contributed by atoms with van der Waals surface area (Å²) in [6, 6.07) is 128. The van der Waals surface area contributed by atoms with Crippen LogP contribution in [0.2, 0.25) is 5.15 Å². The smallest absolute Gasteiger partial charge is 0.416 e. The molecule has 0 bridgehead atoms. The van der Waals surface area contributed by atoms with Crippen LogP contribution in [-0.2, 0) is 107 Å². The van der Waals surface area contributed by atoms with Gasteiger partial charge in [-0.15, -0.1) is 195 Å². The predicted molar refractivity (Wildman–Crippen MR) is 487 cm³/mol. The number of nitrogens with zero attached hydrogens (tertiary/aromatic N) is 10. The van der Waals surface area contributed by atoms with Crippen molar-refractivity contribution in [3.63, 3.8) is 0 Å². The van der Waals surface area contributed by atoms with Gasteiger partial charge >= 0.3 is 6.18 Å². The Morgan fingerprint density at radius 3 is 0.953 bits per heavy atom. The fraction of sp³-hybridized carbons (Fsp3) is 0.0286. The Morgan fingerprint density at radius 1 is 0.283 bits per heavy atom. The third-order valence-corrected chi connectivity index (χ3v) is 21.6. The summed E-state index contributed by atoms with van der Waals surface area (Å²) in [5.74, 6) is 1.81. The molecule has 0 saturated heterocycles. The molecule has 127 heavy (non-hydrogen) atoms. The van der Waals surface area contributed by atoms with Gasteiger partial charge in [-0.3, -0.25) is 0 Å². The first kappa shape index (κ1) is 92.8. The summed E-state index contributed by atoms with van der Waals surface area (Å²) >= 11 is 9.74. The molecule has 22 rings (SSSR count). The van der Waals surface area contributed by atoms with Crippen molar-refractivity contribution in [1.29, 1.82) is 0 Å². The van der Waals surface area contributed by atoms with Gasteiger partial charge in [0, 0.05) is 151 Å². The summed E-state index contributed by atoms with van der Waals surface area (Å²) in [5.41, 5.74) is 9.96. The Hall–Kier alpha value is -11.9. The van der Waals surface area contributed by atoms with E-state index in [1.54, 1.807) is 6.07 Å². The fourth-order valence-electron chi connectivity index (χ4n) is 14.8. The third-order valence-electron chi connectivity index (χ3n) is 20.8. The minimum absolute atomic E-state index is 0. The zero-order valence-corrected chi connectivity index (χ0v) is 81.1. The molecule has 5 aromatic heterocycles. The van der Waals surface area contributed by atoms with Crippen LogP contribution in [0.4, 0.5) is 13.2 Å². The van der Waals surface area contributed by atoms with Gasteiger partial charge < -0.3 is 9.47 Å². The van der Waals surface area contributed by atoms with Crippen molar-refractivity contribution in [2.75, 3.05) is 0 Å². The monoisotopic (exact) mass is 2630 g/mol. The number of fused-ring (bicyclic) bond motifs is 10. The zero-order valence-electron chi connectivity index (χ0n) is 66.8. The van der Waals surface area contributed by atoms with Gasteiger partial charge in [-0.2, -0.15) is 43.8 Å². The van der Waals surface area contributed by atoms with E-state index in [9.17, 15) is 13.2 Å². The van der Waals surface area contributed by atoms with E-state index in [1.165, 1.54) is 33.7 Å². The molecule has 0 N–H and O–H groups in total. The summed E-state index contributed by atoms with van der Waals surface area (Å²) in [6.45, 7) is 4.08. The van der Waals surface area contributed by atoms with Gasteiger partial charge in [-0.05, 0) is 182 Å². The number of para-hydroxylation sites is 1. The first-order valence-electron chi connectivity index (χ1n) is 38.9. The van der Waals surface area contributed by atoms with Gasteiger partial charge in [0.15, 0.2) is 5.15 Å². The molecule has 0 aliphatic rings. The molecule has 5 radical (unpaired) electrons. The van der Waals surface area contributed by atoms with Gasteiger partial charge in [-0.25, -0.2) is 5.10 Å². The maximum atomic E-state index is 12.8. The normalized spacial score (nSPS) is 10.8. The third kappa shape index (κ3) is 20.7. The molecule has 5 heterocycles. The van der Waals surface area contributed by atoms with Crippen molar-refractivity contribution in [2.45, 2.75) is 20.0 Å². The van der Waals surface area contributed by atoms with Crippen molar-refractivity contribution in [1.82, 2.24) is 51.0 Å². The molecule has 22 heteroatoms. The molecule has 0 aliphatic heterocycles. The molecule has 0 fully saturated rings.